The van der Waals surface area contributed by atoms with Gasteiger partial charge in [-0.3, -0.25) is 0 Å². The molecule has 2 rings (SSSR count). The second kappa shape index (κ2) is 6.82. The van der Waals surface area contributed by atoms with Gasteiger partial charge in [0.15, 0.2) is 11.5 Å². The Morgan fingerprint density at radius 2 is 2.00 bits per heavy atom. The zero-order valence-electron chi connectivity index (χ0n) is 10.9. The lowest BCUT2D eigenvalue weighted by atomic mass is 10.2. The Labute approximate surface area is 122 Å². The van der Waals surface area contributed by atoms with Crippen LogP contribution in [0.15, 0.2) is 47.6 Å². The van der Waals surface area contributed by atoms with Crippen LogP contribution < -0.4 is 9.47 Å². The molecule has 0 saturated carbocycles. The van der Waals surface area contributed by atoms with Crippen LogP contribution in [-0.4, -0.2) is 18.5 Å². The van der Waals surface area contributed by atoms with Gasteiger partial charge in [0.1, 0.15) is 6.61 Å². The van der Waals surface area contributed by atoms with Crippen molar-refractivity contribution >= 4 is 17.8 Å². The average Bonchev–Trinajstić information content (AvgIpc) is 2.47. The lowest BCUT2D eigenvalue weighted by Crippen LogP contribution is -1.99. The van der Waals surface area contributed by atoms with E-state index in [4.69, 9.17) is 26.3 Å². The molecule has 0 unspecified atom stereocenters. The first-order valence-corrected chi connectivity index (χ1v) is 6.34. The number of oxime groups is 1. The first kappa shape index (κ1) is 14.2. The lowest BCUT2D eigenvalue weighted by Gasteiger charge is -2.12. The molecule has 0 aliphatic heterocycles. The van der Waals surface area contributed by atoms with E-state index in [1.807, 2.05) is 24.3 Å². The highest BCUT2D eigenvalue weighted by atomic mass is 35.5. The topological polar surface area (TPSA) is 51.0 Å². The standard InChI is InChI=1S/C15H14ClNO3/c1-19-14-7-6-11(9-17-18)8-15(14)20-10-12-4-2-3-5-13(12)16/h2-9,18H,10H2,1H3/b17-9+. The molecule has 2 aromatic rings. The molecule has 0 aromatic heterocycles. The number of ether oxygens (including phenoxy) is 2. The van der Waals surface area contributed by atoms with Gasteiger partial charge in [0.05, 0.1) is 13.3 Å². The quantitative estimate of drug-likeness (QED) is 0.519. The van der Waals surface area contributed by atoms with Crippen molar-refractivity contribution in [2.24, 2.45) is 5.16 Å². The number of nitrogens with zero attached hydrogens (tertiary/aromatic N) is 1. The SMILES string of the molecule is COc1ccc(/C=N/O)cc1OCc1ccccc1Cl. The van der Waals surface area contributed by atoms with E-state index < -0.39 is 0 Å². The summed E-state index contributed by atoms with van der Waals surface area (Å²) >= 11 is 6.08. The number of benzene rings is 2. The Kier molecular flexibility index (Phi) is 4.85. The molecule has 104 valence electrons. The van der Waals surface area contributed by atoms with Crippen LogP contribution in [0, 0.1) is 0 Å². The predicted octanol–water partition coefficient (Wildman–Crippen LogP) is 3.74. The van der Waals surface area contributed by atoms with E-state index in [1.165, 1.54) is 6.21 Å². The monoisotopic (exact) mass is 291 g/mol. The summed E-state index contributed by atoms with van der Waals surface area (Å²) in [6.45, 7) is 0.329. The second-order valence-electron chi connectivity index (χ2n) is 4.03. The fraction of sp³-hybridized carbons (Fsp3) is 0.133. The molecule has 0 bridgehead atoms. The van der Waals surface area contributed by atoms with Gasteiger partial charge < -0.3 is 14.7 Å². The van der Waals surface area contributed by atoms with Crippen LogP contribution in [-0.2, 0) is 6.61 Å². The summed E-state index contributed by atoms with van der Waals surface area (Å²) in [6.07, 6.45) is 1.32. The van der Waals surface area contributed by atoms with Gasteiger partial charge in [-0.1, -0.05) is 35.0 Å². The first-order valence-electron chi connectivity index (χ1n) is 5.96. The van der Waals surface area contributed by atoms with Crippen molar-refractivity contribution in [2.45, 2.75) is 6.61 Å². The Morgan fingerprint density at radius 1 is 1.20 bits per heavy atom. The molecule has 0 atom stereocenters. The molecule has 0 heterocycles. The number of halogens is 1. The maximum absolute atomic E-state index is 8.56. The molecule has 2 aromatic carbocycles. The van der Waals surface area contributed by atoms with Crippen molar-refractivity contribution in [1.29, 1.82) is 0 Å². The normalized spacial score (nSPS) is 10.7. The largest absolute Gasteiger partial charge is 0.493 e. The van der Waals surface area contributed by atoms with E-state index in [-0.39, 0.29) is 0 Å². The van der Waals surface area contributed by atoms with Crippen LogP contribution in [0.5, 0.6) is 11.5 Å². The zero-order valence-corrected chi connectivity index (χ0v) is 11.7. The van der Waals surface area contributed by atoms with Gasteiger partial charge in [0, 0.05) is 16.1 Å². The highest BCUT2D eigenvalue weighted by Gasteiger charge is 2.07. The van der Waals surface area contributed by atoms with Crippen molar-refractivity contribution in [2.75, 3.05) is 7.11 Å². The fourth-order valence-corrected chi connectivity index (χ4v) is 1.91. The summed E-state index contributed by atoms with van der Waals surface area (Å²) in [4.78, 5) is 0. The molecule has 0 aliphatic rings. The summed E-state index contributed by atoms with van der Waals surface area (Å²) < 4.78 is 11.0. The third-order valence-electron chi connectivity index (χ3n) is 2.74. The molecule has 0 aliphatic carbocycles. The van der Waals surface area contributed by atoms with Crippen molar-refractivity contribution in [1.82, 2.24) is 0 Å². The Balaban J connectivity index is 2.19. The first-order chi connectivity index (χ1) is 9.74. The number of rotatable bonds is 5. The van der Waals surface area contributed by atoms with Crippen LogP contribution in [0.1, 0.15) is 11.1 Å². The smallest absolute Gasteiger partial charge is 0.162 e. The minimum Gasteiger partial charge on any atom is -0.493 e. The van der Waals surface area contributed by atoms with Crippen molar-refractivity contribution < 1.29 is 14.7 Å². The minimum atomic E-state index is 0.329. The van der Waals surface area contributed by atoms with E-state index in [1.54, 1.807) is 25.3 Å². The van der Waals surface area contributed by atoms with Gasteiger partial charge in [0.2, 0.25) is 0 Å². The van der Waals surface area contributed by atoms with Gasteiger partial charge in [-0.15, -0.1) is 0 Å². The van der Waals surface area contributed by atoms with Crippen molar-refractivity contribution in [3.8, 4) is 11.5 Å². The summed E-state index contributed by atoms with van der Waals surface area (Å²) in [5.41, 5.74) is 1.60. The zero-order chi connectivity index (χ0) is 14.4. The Hall–Kier alpha value is -2.20. The predicted molar refractivity (Wildman–Crippen MR) is 78.2 cm³/mol. The van der Waals surface area contributed by atoms with Crippen LogP contribution in [0.3, 0.4) is 0 Å². The molecule has 0 fully saturated rings. The fourth-order valence-electron chi connectivity index (χ4n) is 1.72. The third-order valence-corrected chi connectivity index (χ3v) is 3.10. The molecular formula is C15H14ClNO3. The van der Waals surface area contributed by atoms with Gasteiger partial charge in [-0.05, 0) is 24.3 Å². The second-order valence-corrected chi connectivity index (χ2v) is 4.44. The molecule has 20 heavy (non-hydrogen) atoms. The Bertz CT molecular complexity index is 614. The molecule has 1 N–H and O–H groups in total. The molecule has 5 heteroatoms. The van der Waals surface area contributed by atoms with Gasteiger partial charge >= 0.3 is 0 Å². The van der Waals surface area contributed by atoms with Crippen LogP contribution in [0.25, 0.3) is 0 Å². The molecule has 0 spiro atoms. The Morgan fingerprint density at radius 3 is 2.70 bits per heavy atom. The summed E-state index contributed by atoms with van der Waals surface area (Å²) in [6, 6.07) is 12.7. The molecule has 0 radical (unpaired) electrons. The number of hydrogen-bond acceptors (Lipinski definition) is 4. The van der Waals surface area contributed by atoms with Crippen LogP contribution in [0.2, 0.25) is 5.02 Å². The van der Waals surface area contributed by atoms with Crippen LogP contribution in [0.4, 0.5) is 0 Å². The minimum absolute atomic E-state index is 0.329. The highest BCUT2D eigenvalue weighted by Crippen LogP contribution is 2.29. The van der Waals surface area contributed by atoms with Gasteiger partial charge in [-0.2, -0.15) is 0 Å². The van der Waals surface area contributed by atoms with Gasteiger partial charge in [0.25, 0.3) is 0 Å². The molecule has 0 saturated heterocycles. The van der Waals surface area contributed by atoms with Crippen LogP contribution >= 0.6 is 11.6 Å². The van der Waals surface area contributed by atoms with E-state index >= 15 is 0 Å². The summed E-state index contributed by atoms with van der Waals surface area (Å²) in [7, 11) is 1.57. The summed E-state index contributed by atoms with van der Waals surface area (Å²) in [5, 5.41) is 12.2. The molecule has 0 amide bonds. The third kappa shape index (κ3) is 3.42. The van der Waals surface area contributed by atoms with Gasteiger partial charge in [-0.25, -0.2) is 0 Å². The van der Waals surface area contributed by atoms with Crippen molar-refractivity contribution in [3.63, 3.8) is 0 Å². The highest BCUT2D eigenvalue weighted by molar-refractivity contribution is 6.31. The molecular weight excluding hydrogens is 278 g/mol. The van der Waals surface area contributed by atoms with Crippen molar-refractivity contribution in [3.05, 3.63) is 58.6 Å². The number of hydrogen-bond donors (Lipinski definition) is 1. The maximum Gasteiger partial charge on any atom is 0.162 e. The lowest BCUT2D eigenvalue weighted by molar-refractivity contribution is 0.284. The van der Waals surface area contributed by atoms with E-state index in [0.717, 1.165) is 5.56 Å². The van der Waals surface area contributed by atoms with E-state index in [9.17, 15) is 0 Å². The maximum atomic E-state index is 8.56. The van der Waals surface area contributed by atoms with E-state index in [0.29, 0.717) is 28.7 Å². The average molecular weight is 292 g/mol. The summed E-state index contributed by atoms with van der Waals surface area (Å²) in [5.74, 6) is 1.16. The van der Waals surface area contributed by atoms with E-state index in [2.05, 4.69) is 5.16 Å². The number of methoxy groups -OCH3 is 1. The molecule has 4 nitrogen and oxygen atoms in total.